The number of nitrogens with one attached hydrogen (secondary N) is 1. The Morgan fingerprint density at radius 2 is 1.89 bits per heavy atom. The van der Waals surface area contributed by atoms with Gasteiger partial charge in [-0.3, -0.25) is 9.35 Å². The van der Waals surface area contributed by atoms with E-state index in [4.69, 9.17) is 9.29 Å². The SMILES string of the molecule is CNC1[C@H](O)CC(COS(=O)(=O)O)C[C@H]1O[C@H]1C(C(=O)O)CCC(C)[C@@H]1O. The quantitative estimate of drug-likeness (QED) is 0.342. The molecule has 10 nitrogen and oxygen atoms in total. The number of carboxylic acids is 1. The molecule has 2 aliphatic rings. The van der Waals surface area contributed by atoms with Crippen LogP contribution in [0.25, 0.3) is 0 Å². The van der Waals surface area contributed by atoms with Crippen LogP contribution in [-0.2, 0) is 24.1 Å². The third-order valence-corrected chi connectivity index (χ3v) is 6.07. The highest BCUT2D eigenvalue weighted by molar-refractivity contribution is 7.80. The van der Waals surface area contributed by atoms with Gasteiger partial charge in [0.1, 0.15) is 0 Å². The molecule has 0 bridgehead atoms. The number of aliphatic hydroxyl groups excluding tert-OH is 2. The van der Waals surface area contributed by atoms with Crippen molar-refractivity contribution >= 4 is 16.4 Å². The minimum atomic E-state index is -4.60. The van der Waals surface area contributed by atoms with Gasteiger partial charge in [-0.15, -0.1) is 0 Å². The lowest BCUT2D eigenvalue weighted by molar-refractivity contribution is -0.182. The summed E-state index contributed by atoms with van der Waals surface area (Å²) in [5.41, 5.74) is 0. The summed E-state index contributed by atoms with van der Waals surface area (Å²) in [5, 5.41) is 33.3. The summed E-state index contributed by atoms with van der Waals surface area (Å²) in [6.45, 7) is 1.51. The van der Waals surface area contributed by atoms with E-state index in [0.29, 0.717) is 12.8 Å². The van der Waals surface area contributed by atoms with Crippen LogP contribution in [0.1, 0.15) is 32.6 Å². The van der Waals surface area contributed by atoms with Crippen LogP contribution in [0.2, 0.25) is 0 Å². The predicted octanol–water partition coefficient (Wildman–Crippen LogP) is -0.590. The van der Waals surface area contributed by atoms with Crippen LogP contribution >= 0.6 is 0 Å². The van der Waals surface area contributed by atoms with E-state index in [1.54, 1.807) is 7.05 Å². The molecule has 0 aromatic rings. The van der Waals surface area contributed by atoms with Gasteiger partial charge in [-0.25, -0.2) is 4.18 Å². The van der Waals surface area contributed by atoms with Crippen LogP contribution in [0, 0.1) is 17.8 Å². The highest BCUT2D eigenvalue weighted by Crippen LogP contribution is 2.36. The van der Waals surface area contributed by atoms with E-state index in [1.807, 2.05) is 6.92 Å². The lowest BCUT2D eigenvalue weighted by atomic mass is 9.77. The molecule has 0 aromatic heterocycles. The van der Waals surface area contributed by atoms with Gasteiger partial charge in [0.05, 0.1) is 43.0 Å². The molecule has 0 aliphatic heterocycles. The summed E-state index contributed by atoms with van der Waals surface area (Å²) in [6, 6.07) is -0.508. The van der Waals surface area contributed by atoms with E-state index in [-0.39, 0.29) is 25.4 Å². The van der Waals surface area contributed by atoms with Crippen LogP contribution in [0.4, 0.5) is 0 Å². The average Bonchev–Trinajstić information content (AvgIpc) is 2.56. The fraction of sp³-hybridized carbons (Fsp3) is 0.938. The van der Waals surface area contributed by atoms with Gasteiger partial charge in [0.25, 0.3) is 0 Å². The van der Waals surface area contributed by atoms with Crippen molar-refractivity contribution in [2.24, 2.45) is 17.8 Å². The number of carbonyl (C=O) groups is 1. The van der Waals surface area contributed by atoms with Crippen molar-refractivity contribution in [3.63, 3.8) is 0 Å². The number of rotatable bonds is 7. The summed E-state index contributed by atoms with van der Waals surface area (Å²) in [4.78, 5) is 11.6. The van der Waals surface area contributed by atoms with Gasteiger partial charge in [-0.1, -0.05) is 6.92 Å². The van der Waals surface area contributed by atoms with E-state index < -0.39 is 58.7 Å². The van der Waals surface area contributed by atoms with Crippen LogP contribution in [0.5, 0.6) is 0 Å². The third-order valence-electron chi connectivity index (χ3n) is 5.64. The molecule has 2 fully saturated rings. The second kappa shape index (κ2) is 9.12. The molecule has 0 spiro atoms. The maximum atomic E-state index is 11.6. The van der Waals surface area contributed by atoms with Gasteiger partial charge in [0.2, 0.25) is 0 Å². The zero-order valence-corrected chi connectivity index (χ0v) is 16.2. The molecule has 0 amide bonds. The predicted molar refractivity (Wildman–Crippen MR) is 93.3 cm³/mol. The molecule has 8 atom stereocenters. The highest BCUT2D eigenvalue weighted by atomic mass is 32.3. The van der Waals surface area contributed by atoms with Gasteiger partial charge in [0, 0.05) is 0 Å². The second-order valence-corrected chi connectivity index (χ2v) is 8.65. The maximum Gasteiger partial charge on any atom is 0.397 e. The molecule has 5 N–H and O–H groups in total. The number of aliphatic hydroxyl groups is 2. The van der Waals surface area contributed by atoms with Crippen LogP contribution < -0.4 is 5.32 Å². The number of hydrogen-bond donors (Lipinski definition) is 5. The summed E-state index contributed by atoms with van der Waals surface area (Å²) in [6.07, 6.45) is -1.96. The number of ether oxygens (including phenoxy) is 1. The smallest absolute Gasteiger partial charge is 0.397 e. The van der Waals surface area contributed by atoms with Gasteiger partial charge in [0.15, 0.2) is 0 Å². The summed E-state index contributed by atoms with van der Waals surface area (Å²) >= 11 is 0. The number of aliphatic carboxylic acids is 1. The van der Waals surface area contributed by atoms with Crippen molar-refractivity contribution in [3.8, 4) is 0 Å². The zero-order chi connectivity index (χ0) is 20.4. The average molecular weight is 411 g/mol. The van der Waals surface area contributed by atoms with E-state index >= 15 is 0 Å². The van der Waals surface area contributed by atoms with E-state index in [0.717, 1.165) is 0 Å². The molecule has 4 unspecified atom stereocenters. The van der Waals surface area contributed by atoms with E-state index in [2.05, 4.69) is 9.50 Å². The first-order chi connectivity index (χ1) is 12.5. The molecular formula is C16H29NO9S. The van der Waals surface area contributed by atoms with Crippen LogP contribution in [-0.4, -0.2) is 78.4 Å². The molecule has 27 heavy (non-hydrogen) atoms. The lowest BCUT2D eigenvalue weighted by Crippen LogP contribution is -2.57. The summed E-state index contributed by atoms with van der Waals surface area (Å²) < 4.78 is 40.8. The Bertz CT molecular complexity index is 613. The number of hydrogen-bond acceptors (Lipinski definition) is 8. The molecular weight excluding hydrogens is 382 g/mol. The molecule has 0 heterocycles. The largest absolute Gasteiger partial charge is 0.481 e. The van der Waals surface area contributed by atoms with Crippen molar-refractivity contribution in [1.82, 2.24) is 5.32 Å². The van der Waals surface area contributed by atoms with Gasteiger partial charge in [-0.05, 0) is 44.6 Å². The minimum absolute atomic E-state index is 0.120. The van der Waals surface area contributed by atoms with Crippen molar-refractivity contribution < 1.29 is 42.0 Å². The molecule has 0 saturated heterocycles. The summed E-state index contributed by atoms with van der Waals surface area (Å²) in [5.74, 6) is -2.45. The fourth-order valence-corrected chi connectivity index (χ4v) is 4.49. The van der Waals surface area contributed by atoms with Crippen LogP contribution in [0.3, 0.4) is 0 Å². The molecule has 2 saturated carbocycles. The Kier molecular flexibility index (Phi) is 7.59. The first kappa shape index (κ1) is 22.5. The topological polar surface area (TPSA) is 163 Å². The summed E-state index contributed by atoms with van der Waals surface area (Å²) in [7, 11) is -2.96. The number of likely N-dealkylation sites (N-methyl/N-ethyl adjacent to an activating group) is 1. The molecule has 0 radical (unpaired) electrons. The zero-order valence-electron chi connectivity index (χ0n) is 15.4. The Morgan fingerprint density at radius 3 is 2.44 bits per heavy atom. The molecule has 11 heteroatoms. The molecule has 158 valence electrons. The lowest BCUT2D eigenvalue weighted by Gasteiger charge is -2.44. The number of carboxylic acid groups (broad SMARTS) is 1. The third kappa shape index (κ3) is 5.83. The minimum Gasteiger partial charge on any atom is -0.481 e. The normalized spacial score (nSPS) is 40.6. The van der Waals surface area contributed by atoms with Gasteiger partial charge < -0.3 is 25.4 Å². The molecule has 2 rings (SSSR count). The Hall–Kier alpha value is -0.820. The first-order valence-electron chi connectivity index (χ1n) is 9.07. The maximum absolute atomic E-state index is 11.6. The van der Waals surface area contributed by atoms with Crippen LogP contribution in [0.15, 0.2) is 0 Å². The van der Waals surface area contributed by atoms with E-state index in [9.17, 15) is 28.5 Å². The Balaban J connectivity index is 2.14. The van der Waals surface area contributed by atoms with Crippen molar-refractivity contribution in [3.05, 3.63) is 0 Å². The second-order valence-electron chi connectivity index (χ2n) is 7.56. The highest BCUT2D eigenvalue weighted by Gasteiger charge is 2.45. The van der Waals surface area contributed by atoms with Crippen molar-refractivity contribution in [2.75, 3.05) is 13.7 Å². The van der Waals surface area contributed by atoms with E-state index in [1.165, 1.54) is 0 Å². The first-order valence-corrected chi connectivity index (χ1v) is 10.4. The monoisotopic (exact) mass is 411 g/mol. The van der Waals surface area contributed by atoms with Gasteiger partial charge >= 0.3 is 16.4 Å². The van der Waals surface area contributed by atoms with Crippen molar-refractivity contribution in [1.29, 1.82) is 0 Å². The van der Waals surface area contributed by atoms with Crippen molar-refractivity contribution in [2.45, 2.75) is 63.1 Å². The fourth-order valence-electron chi connectivity index (χ4n) is 4.12. The van der Waals surface area contributed by atoms with Gasteiger partial charge in [-0.2, -0.15) is 8.42 Å². The Morgan fingerprint density at radius 1 is 1.22 bits per heavy atom. The Labute approximate surface area is 158 Å². The molecule has 2 aliphatic carbocycles. The standard InChI is InChI=1S/C16H29NO9S/c1-8-3-4-10(16(20)21)15(14(8)19)26-12-6-9(7-25-27(22,23)24)5-11(18)13(12)17-2/h8-15,17-19H,3-7H2,1-2H3,(H,20,21)(H,22,23,24)/t8?,9?,10?,11-,12-,13?,14+,15+/m1/s1. The molecule has 0 aromatic carbocycles.